The summed E-state index contributed by atoms with van der Waals surface area (Å²) in [5, 5.41) is 6.20. The van der Waals surface area contributed by atoms with Crippen molar-refractivity contribution in [3.63, 3.8) is 0 Å². The van der Waals surface area contributed by atoms with E-state index in [0.717, 1.165) is 22.8 Å². The van der Waals surface area contributed by atoms with Crippen molar-refractivity contribution in [3.05, 3.63) is 57.2 Å². The summed E-state index contributed by atoms with van der Waals surface area (Å²) < 4.78 is 5.05. The molecule has 3 rings (SSSR count). The minimum Gasteiger partial charge on any atom is -0.466 e. The average molecular weight is 448 g/mol. The van der Waals surface area contributed by atoms with E-state index in [1.807, 2.05) is 28.5 Å². The molecule has 2 heterocycles. The van der Waals surface area contributed by atoms with Crippen LogP contribution in [-0.2, 0) is 14.3 Å². The first kappa shape index (κ1) is 22.4. The number of hydrogen-bond donors (Lipinski definition) is 1. The number of thioether (sulfide) groups is 1. The van der Waals surface area contributed by atoms with Gasteiger partial charge in [0.1, 0.15) is 0 Å². The van der Waals surface area contributed by atoms with Gasteiger partial charge in [0, 0.05) is 17.3 Å². The molecular weight excluding hydrogens is 422 g/mol. The standard InChI is InChI=1S/C22H26ClN3O3S/c1-13(2)8-9-24-18(27)11-17-12-30-22-25-14(3)19(21(28)29-4)20(26(17)22)15-6-5-7-16(23)10-15/h5-7,10,12-13,20H,8-9,11H2,1-4H3,(H,24,27). The zero-order valence-corrected chi connectivity index (χ0v) is 19.1. The van der Waals surface area contributed by atoms with E-state index in [4.69, 9.17) is 16.3 Å². The minimum absolute atomic E-state index is 0.0560. The quantitative estimate of drug-likeness (QED) is 0.616. The summed E-state index contributed by atoms with van der Waals surface area (Å²) >= 11 is 7.69. The number of carbonyl (C=O) groups excluding carboxylic acids is 2. The number of rotatable bonds is 7. The fourth-order valence-corrected chi connectivity index (χ4v) is 4.62. The highest BCUT2D eigenvalue weighted by Gasteiger charge is 2.41. The van der Waals surface area contributed by atoms with Crippen LogP contribution in [0.2, 0.25) is 5.02 Å². The molecule has 1 aromatic carbocycles. The van der Waals surface area contributed by atoms with Crippen LogP contribution in [0.4, 0.5) is 0 Å². The Labute approximate surface area is 186 Å². The van der Waals surface area contributed by atoms with Gasteiger partial charge in [0.25, 0.3) is 0 Å². The van der Waals surface area contributed by atoms with Gasteiger partial charge >= 0.3 is 5.97 Å². The molecule has 1 aromatic rings. The number of nitrogens with zero attached hydrogens (tertiary/aromatic N) is 2. The lowest BCUT2D eigenvalue weighted by Gasteiger charge is -2.36. The van der Waals surface area contributed by atoms with Gasteiger partial charge in [-0.2, -0.15) is 0 Å². The van der Waals surface area contributed by atoms with E-state index in [0.29, 0.717) is 28.8 Å². The Balaban J connectivity index is 1.92. The molecule has 0 bridgehead atoms. The molecule has 0 aliphatic carbocycles. The predicted octanol–water partition coefficient (Wildman–Crippen LogP) is 4.64. The molecule has 0 saturated carbocycles. The molecule has 0 spiro atoms. The Kier molecular flexibility index (Phi) is 7.26. The molecule has 0 radical (unpaired) electrons. The lowest BCUT2D eigenvalue weighted by molar-refractivity contribution is -0.136. The molecule has 1 atom stereocenters. The summed E-state index contributed by atoms with van der Waals surface area (Å²) in [5.41, 5.74) is 2.67. The summed E-state index contributed by atoms with van der Waals surface area (Å²) in [6, 6.07) is 6.91. The lowest BCUT2D eigenvalue weighted by Crippen LogP contribution is -2.38. The van der Waals surface area contributed by atoms with Crippen molar-refractivity contribution in [1.82, 2.24) is 10.2 Å². The summed E-state index contributed by atoms with van der Waals surface area (Å²) in [6.45, 7) is 6.68. The molecule has 1 unspecified atom stereocenters. The Bertz CT molecular complexity index is 939. The first-order valence-corrected chi connectivity index (χ1v) is 11.1. The maximum atomic E-state index is 12.7. The van der Waals surface area contributed by atoms with Gasteiger partial charge in [0.2, 0.25) is 5.91 Å². The summed E-state index contributed by atoms with van der Waals surface area (Å²) in [4.78, 5) is 31.7. The smallest absolute Gasteiger partial charge is 0.338 e. The number of carbonyl (C=O) groups is 2. The Hall–Kier alpha value is -2.25. The highest BCUT2D eigenvalue weighted by atomic mass is 35.5. The highest BCUT2D eigenvalue weighted by molar-refractivity contribution is 8.16. The van der Waals surface area contributed by atoms with Crippen LogP contribution in [-0.4, -0.2) is 35.6 Å². The van der Waals surface area contributed by atoms with Crippen LogP contribution in [0.3, 0.4) is 0 Å². The van der Waals surface area contributed by atoms with E-state index in [1.54, 1.807) is 13.0 Å². The molecular formula is C22H26ClN3O3S. The zero-order chi connectivity index (χ0) is 21.8. The van der Waals surface area contributed by atoms with Crippen molar-refractivity contribution in [2.24, 2.45) is 10.9 Å². The van der Waals surface area contributed by atoms with E-state index in [-0.39, 0.29) is 12.3 Å². The Morgan fingerprint density at radius 3 is 2.80 bits per heavy atom. The molecule has 6 nitrogen and oxygen atoms in total. The number of aliphatic imine (C=N–C) groups is 1. The second-order valence-corrected chi connectivity index (χ2v) is 8.92. The van der Waals surface area contributed by atoms with E-state index in [1.165, 1.54) is 18.9 Å². The summed E-state index contributed by atoms with van der Waals surface area (Å²) in [6.07, 6.45) is 1.13. The second-order valence-electron chi connectivity index (χ2n) is 7.65. The maximum absolute atomic E-state index is 12.7. The maximum Gasteiger partial charge on any atom is 0.338 e. The fourth-order valence-electron chi connectivity index (χ4n) is 3.46. The van der Waals surface area contributed by atoms with Crippen LogP contribution in [0.1, 0.15) is 45.2 Å². The Morgan fingerprint density at radius 1 is 1.37 bits per heavy atom. The average Bonchev–Trinajstić information content (AvgIpc) is 3.08. The first-order chi connectivity index (χ1) is 14.3. The molecule has 0 aromatic heterocycles. The number of amidine groups is 1. The summed E-state index contributed by atoms with van der Waals surface area (Å²) in [7, 11) is 1.36. The first-order valence-electron chi connectivity index (χ1n) is 9.86. The molecule has 2 aliphatic heterocycles. The lowest BCUT2D eigenvalue weighted by atomic mass is 9.94. The molecule has 8 heteroatoms. The van der Waals surface area contributed by atoms with Gasteiger partial charge in [0.15, 0.2) is 5.17 Å². The predicted molar refractivity (Wildman–Crippen MR) is 121 cm³/mol. The van der Waals surface area contributed by atoms with Crippen LogP contribution in [0.15, 0.2) is 51.6 Å². The highest BCUT2D eigenvalue weighted by Crippen LogP contribution is 2.45. The fraction of sp³-hybridized carbons (Fsp3) is 0.409. The van der Waals surface area contributed by atoms with Crippen molar-refractivity contribution in [2.45, 2.75) is 39.7 Å². The van der Waals surface area contributed by atoms with Gasteiger partial charge in [-0.1, -0.05) is 49.3 Å². The number of hydrogen-bond acceptors (Lipinski definition) is 6. The van der Waals surface area contributed by atoms with Gasteiger partial charge in [-0.05, 0) is 42.4 Å². The van der Waals surface area contributed by atoms with Crippen LogP contribution in [0.5, 0.6) is 0 Å². The minimum atomic E-state index is -0.464. The monoisotopic (exact) mass is 447 g/mol. The van der Waals surface area contributed by atoms with Crippen molar-refractivity contribution in [2.75, 3.05) is 13.7 Å². The second kappa shape index (κ2) is 9.71. The third-order valence-corrected chi connectivity index (χ3v) is 6.08. The zero-order valence-electron chi connectivity index (χ0n) is 17.6. The van der Waals surface area contributed by atoms with E-state index >= 15 is 0 Å². The largest absolute Gasteiger partial charge is 0.466 e. The number of halogens is 1. The number of allylic oxidation sites excluding steroid dienone is 1. The number of nitrogens with one attached hydrogen (secondary N) is 1. The van der Waals surface area contributed by atoms with Gasteiger partial charge in [0.05, 0.1) is 30.8 Å². The van der Waals surface area contributed by atoms with Crippen molar-refractivity contribution >= 4 is 40.4 Å². The number of benzene rings is 1. The number of fused-ring (bicyclic) bond motifs is 1. The SMILES string of the molecule is COC(=O)C1=C(C)N=C2SC=C(CC(=O)NCCC(C)C)N2C1c1cccc(Cl)c1. The van der Waals surface area contributed by atoms with E-state index < -0.39 is 12.0 Å². The molecule has 30 heavy (non-hydrogen) atoms. The molecule has 2 aliphatic rings. The normalized spacial score (nSPS) is 18.2. The molecule has 1 N–H and O–H groups in total. The van der Waals surface area contributed by atoms with Crippen LogP contribution in [0.25, 0.3) is 0 Å². The van der Waals surface area contributed by atoms with Gasteiger partial charge in [-0.15, -0.1) is 0 Å². The molecule has 160 valence electrons. The van der Waals surface area contributed by atoms with E-state index in [9.17, 15) is 9.59 Å². The topological polar surface area (TPSA) is 71.0 Å². The summed E-state index contributed by atoms with van der Waals surface area (Å²) in [5.74, 6) is 0.0210. The van der Waals surface area contributed by atoms with Gasteiger partial charge in [-0.3, -0.25) is 4.79 Å². The third-order valence-electron chi connectivity index (χ3n) is 4.96. The number of methoxy groups -OCH3 is 1. The van der Waals surface area contributed by atoms with Crippen molar-refractivity contribution in [3.8, 4) is 0 Å². The number of esters is 1. The van der Waals surface area contributed by atoms with Gasteiger partial charge in [-0.25, -0.2) is 9.79 Å². The molecule has 1 amide bonds. The number of ether oxygens (including phenoxy) is 1. The van der Waals surface area contributed by atoms with Crippen LogP contribution in [0, 0.1) is 5.92 Å². The third kappa shape index (κ3) is 4.90. The van der Waals surface area contributed by atoms with E-state index in [2.05, 4.69) is 24.2 Å². The Morgan fingerprint density at radius 2 is 2.13 bits per heavy atom. The van der Waals surface area contributed by atoms with Crippen LogP contribution >= 0.6 is 23.4 Å². The van der Waals surface area contributed by atoms with Crippen molar-refractivity contribution in [1.29, 1.82) is 0 Å². The van der Waals surface area contributed by atoms with Gasteiger partial charge < -0.3 is 15.0 Å². The van der Waals surface area contributed by atoms with Crippen molar-refractivity contribution < 1.29 is 14.3 Å². The molecule has 0 fully saturated rings. The van der Waals surface area contributed by atoms with Crippen LogP contribution < -0.4 is 5.32 Å². The molecule has 0 saturated heterocycles. The number of amides is 1.